The predicted octanol–water partition coefficient (Wildman–Crippen LogP) is 7.88. The third-order valence-corrected chi connectivity index (χ3v) is 7.12. The molecule has 0 aliphatic heterocycles. The molecule has 0 aliphatic carbocycles. The average molecular weight is 585 g/mol. The van der Waals surface area contributed by atoms with Gasteiger partial charge in [-0.25, -0.2) is 0 Å². The summed E-state index contributed by atoms with van der Waals surface area (Å²) in [5, 5.41) is 0. The van der Waals surface area contributed by atoms with Gasteiger partial charge in [0.05, 0.1) is 32.7 Å². The van der Waals surface area contributed by atoms with Crippen molar-refractivity contribution in [3.05, 3.63) is 0 Å². The van der Waals surface area contributed by atoms with Crippen LogP contribution >= 0.6 is 0 Å². The lowest BCUT2D eigenvalue weighted by atomic mass is 10.0. The van der Waals surface area contributed by atoms with E-state index in [1.165, 1.54) is 38.5 Å². The number of unbranched alkanes of at least 4 members (excludes halogenated alkanes) is 10. The Balaban J connectivity index is 4.80. The third kappa shape index (κ3) is 24.2. The lowest BCUT2D eigenvalue weighted by Gasteiger charge is -2.22. The van der Waals surface area contributed by atoms with Crippen molar-refractivity contribution in [3.8, 4) is 0 Å². The van der Waals surface area contributed by atoms with Gasteiger partial charge < -0.3 is 18.9 Å². The minimum absolute atomic E-state index is 0.00457. The Morgan fingerprint density at radius 1 is 0.585 bits per heavy atom. The molecule has 0 saturated carbocycles. The van der Waals surface area contributed by atoms with E-state index < -0.39 is 11.9 Å². The summed E-state index contributed by atoms with van der Waals surface area (Å²) < 4.78 is 21.8. The molecule has 0 aliphatic rings. The number of hydrogen-bond donors (Lipinski definition) is 0. The molecule has 8 heteroatoms. The summed E-state index contributed by atoms with van der Waals surface area (Å²) in [6, 6.07) is 0. The molecule has 0 N–H and O–H groups in total. The molecular weight excluding hydrogens is 524 g/mol. The van der Waals surface area contributed by atoms with Crippen LogP contribution in [0.25, 0.3) is 0 Å². The molecule has 0 aromatic carbocycles. The van der Waals surface area contributed by atoms with Gasteiger partial charge in [0.15, 0.2) is 0 Å². The second-order valence-electron chi connectivity index (χ2n) is 11.4. The molecule has 0 rings (SSSR count). The van der Waals surface area contributed by atoms with E-state index in [0.717, 1.165) is 38.5 Å². The van der Waals surface area contributed by atoms with Crippen LogP contribution in [0.3, 0.4) is 0 Å². The Morgan fingerprint density at radius 3 is 1.76 bits per heavy atom. The monoisotopic (exact) mass is 584 g/mol. The van der Waals surface area contributed by atoms with Crippen LogP contribution in [0.5, 0.6) is 0 Å². The zero-order valence-corrected chi connectivity index (χ0v) is 26.8. The highest BCUT2D eigenvalue weighted by atomic mass is 16.6. The van der Waals surface area contributed by atoms with E-state index in [4.69, 9.17) is 18.9 Å². The molecule has 0 bridgehead atoms. The Kier molecular flexibility index (Phi) is 25.4. The number of ether oxygens (including phenoxy) is 4. The first kappa shape index (κ1) is 38.9. The van der Waals surface area contributed by atoms with Crippen molar-refractivity contribution in [2.45, 2.75) is 156 Å². The molecule has 0 spiro atoms. The zero-order valence-electron chi connectivity index (χ0n) is 26.8. The first-order chi connectivity index (χ1) is 19.7. The number of carbonyl (C=O) groups is 4. The maximum Gasteiger partial charge on any atom is 0.306 e. The smallest absolute Gasteiger partial charge is 0.306 e. The Morgan fingerprint density at radius 2 is 1.15 bits per heavy atom. The van der Waals surface area contributed by atoms with Gasteiger partial charge in [0.25, 0.3) is 0 Å². The van der Waals surface area contributed by atoms with Gasteiger partial charge in [0.1, 0.15) is 6.10 Å². The maximum atomic E-state index is 12.8. The van der Waals surface area contributed by atoms with E-state index in [-0.39, 0.29) is 56.0 Å². The normalized spacial score (nSPS) is 13.2. The average Bonchev–Trinajstić information content (AvgIpc) is 2.95. The van der Waals surface area contributed by atoms with Crippen LogP contribution in [0.15, 0.2) is 0 Å². The molecule has 3 atom stereocenters. The van der Waals surface area contributed by atoms with Crippen LogP contribution in [0.2, 0.25) is 0 Å². The summed E-state index contributed by atoms with van der Waals surface area (Å²) in [5.41, 5.74) is 0. The molecule has 41 heavy (non-hydrogen) atoms. The van der Waals surface area contributed by atoms with Crippen LogP contribution in [0, 0.1) is 11.8 Å². The summed E-state index contributed by atoms with van der Waals surface area (Å²) >= 11 is 0. The standard InChI is InChI=1S/C33H60O8/c1-6-10-12-14-16-18-20-31(35)40-26-28(23-32(36)38-21-19-17-15-13-11-7-2)24-33(37)41-29(8-3)22-27(5)25-39-30(34)9-4/h27-29H,6-26H2,1-5H3. The highest BCUT2D eigenvalue weighted by molar-refractivity contribution is 5.74. The molecule has 8 nitrogen and oxygen atoms in total. The van der Waals surface area contributed by atoms with E-state index in [1.807, 2.05) is 13.8 Å². The van der Waals surface area contributed by atoms with Crippen LogP contribution in [-0.4, -0.2) is 49.8 Å². The molecule has 0 aromatic heterocycles. The van der Waals surface area contributed by atoms with Crippen molar-refractivity contribution in [2.75, 3.05) is 19.8 Å². The fourth-order valence-electron chi connectivity index (χ4n) is 4.51. The summed E-state index contributed by atoms with van der Waals surface area (Å²) in [5.74, 6) is -1.84. The number of carbonyl (C=O) groups excluding carboxylic acids is 4. The van der Waals surface area contributed by atoms with E-state index in [9.17, 15) is 19.2 Å². The molecule has 0 radical (unpaired) electrons. The third-order valence-electron chi connectivity index (χ3n) is 7.12. The minimum atomic E-state index is -0.506. The van der Waals surface area contributed by atoms with Gasteiger partial charge in [-0.1, -0.05) is 98.8 Å². The van der Waals surface area contributed by atoms with Crippen molar-refractivity contribution in [3.63, 3.8) is 0 Å². The molecule has 0 fully saturated rings. The fraction of sp³-hybridized carbons (Fsp3) is 0.879. The van der Waals surface area contributed by atoms with E-state index in [2.05, 4.69) is 13.8 Å². The van der Waals surface area contributed by atoms with E-state index >= 15 is 0 Å². The maximum absolute atomic E-state index is 12.8. The number of hydrogen-bond acceptors (Lipinski definition) is 8. The van der Waals surface area contributed by atoms with Gasteiger partial charge in [0, 0.05) is 18.8 Å². The van der Waals surface area contributed by atoms with Gasteiger partial charge >= 0.3 is 23.9 Å². The first-order valence-electron chi connectivity index (χ1n) is 16.4. The van der Waals surface area contributed by atoms with Crippen LogP contribution in [-0.2, 0) is 38.1 Å². The van der Waals surface area contributed by atoms with Gasteiger partial charge in [-0.2, -0.15) is 0 Å². The van der Waals surface area contributed by atoms with E-state index in [1.54, 1.807) is 6.92 Å². The molecule has 0 aromatic rings. The molecule has 240 valence electrons. The quantitative estimate of drug-likeness (QED) is 0.0545. The van der Waals surface area contributed by atoms with Crippen molar-refractivity contribution < 1.29 is 38.1 Å². The highest BCUT2D eigenvalue weighted by Crippen LogP contribution is 2.18. The second-order valence-corrected chi connectivity index (χ2v) is 11.4. The van der Waals surface area contributed by atoms with Gasteiger partial charge in [-0.05, 0) is 31.6 Å². The Bertz CT molecular complexity index is 693. The van der Waals surface area contributed by atoms with Crippen LogP contribution in [0.4, 0.5) is 0 Å². The van der Waals surface area contributed by atoms with E-state index in [0.29, 0.717) is 32.3 Å². The Labute approximate surface area is 250 Å². The molecule has 3 unspecified atom stereocenters. The topological polar surface area (TPSA) is 105 Å². The zero-order chi connectivity index (χ0) is 30.7. The summed E-state index contributed by atoms with van der Waals surface area (Å²) in [4.78, 5) is 49.1. The lowest BCUT2D eigenvalue weighted by molar-refractivity contribution is -0.157. The van der Waals surface area contributed by atoms with Gasteiger partial charge in [-0.3, -0.25) is 19.2 Å². The summed E-state index contributed by atoms with van der Waals surface area (Å²) in [6.07, 6.45) is 14.5. The number of rotatable bonds is 27. The highest BCUT2D eigenvalue weighted by Gasteiger charge is 2.24. The van der Waals surface area contributed by atoms with Gasteiger partial charge in [0.2, 0.25) is 0 Å². The molecule has 0 saturated heterocycles. The summed E-state index contributed by atoms with van der Waals surface area (Å²) in [6.45, 7) is 10.6. The lowest BCUT2D eigenvalue weighted by Crippen LogP contribution is -2.26. The van der Waals surface area contributed by atoms with Crippen molar-refractivity contribution >= 4 is 23.9 Å². The van der Waals surface area contributed by atoms with Crippen molar-refractivity contribution in [1.29, 1.82) is 0 Å². The largest absolute Gasteiger partial charge is 0.466 e. The van der Waals surface area contributed by atoms with Crippen LogP contribution in [0.1, 0.15) is 150 Å². The SMILES string of the molecule is CCCCCCCCOC(=O)CC(COC(=O)CCCCCCCC)CC(=O)OC(CC)CC(C)COC(=O)CC. The Hall–Kier alpha value is -2.12. The number of esters is 4. The first-order valence-corrected chi connectivity index (χ1v) is 16.4. The molecule has 0 heterocycles. The molecular formula is C33H60O8. The van der Waals surface area contributed by atoms with Crippen LogP contribution < -0.4 is 0 Å². The van der Waals surface area contributed by atoms with Gasteiger partial charge in [-0.15, -0.1) is 0 Å². The second kappa shape index (κ2) is 26.8. The summed E-state index contributed by atoms with van der Waals surface area (Å²) in [7, 11) is 0. The molecule has 0 amide bonds. The fourth-order valence-corrected chi connectivity index (χ4v) is 4.51. The van der Waals surface area contributed by atoms with Crippen molar-refractivity contribution in [2.24, 2.45) is 11.8 Å². The van der Waals surface area contributed by atoms with Crippen molar-refractivity contribution in [1.82, 2.24) is 0 Å². The predicted molar refractivity (Wildman–Crippen MR) is 161 cm³/mol. The minimum Gasteiger partial charge on any atom is -0.466 e.